The predicted molar refractivity (Wildman–Crippen MR) is 98.8 cm³/mol. The first-order valence-electron chi connectivity index (χ1n) is 8.57. The number of benzene rings is 1. The summed E-state index contributed by atoms with van der Waals surface area (Å²) in [6.45, 7) is 7.31. The standard InChI is InChI=1S/C18H26N4O2S/c1-14-8-15(2)10-16(9-14)11-21-12-17-4-6-19-22(17)18(13-21)5-7-20-25(3,23)24/h4,6,8-10,18,20H,5,7,11-13H2,1-3H3/t18-/m0/s1. The molecule has 1 aromatic heterocycles. The molecule has 7 heteroatoms. The van der Waals surface area contributed by atoms with Gasteiger partial charge in [0.05, 0.1) is 18.0 Å². The number of nitrogens with one attached hydrogen (secondary N) is 1. The third-order valence-electron chi connectivity index (χ3n) is 4.48. The predicted octanol–water partition coefficient (Wildman–Crippen LogP) is 2.00. The highest BCUT2D eigenvalue weighted by Gasteiger charge is 2.25. The van der Waals surface area contributed by atoms with E-state index in [1.807, 2.05) is 16.9 Å². The molecule has 136 valence electrons. The van der Waals surface area contributed by atoms with E-state index in [1.165, 1.54) is 28.6 Å². The molecular formula is C18H26N4O2S. The van der Waals surface area contributed by atoms with E-state index >= 15 is 0 Å². The van der Waals surface area contributed by atoms with Crippen LogP contribution in [0, 0.1) is 13.8 Å². The second-order valence-corrected chi connectivity index (χ2v) is 8.87. The van der Waals surface area contributed by atoms with Crippen molar-refractivity contribution < 1.29 is 8.42 Å². The topological polar surface area (TPSA) is 67.2 Å². The van der Waals surface area contributed by atoms with Crippen molar-refractivity contribution in [2.24, 2.45) is 0 Å². The maximum atomic E-state index is 11.3. The number of rotatable bonds is 6. The molecule has 0 unspecified atom stereocenters. The van der Waals surface area contributed by atoms with Gasteiger partial charge in [-0.3, -0.25) is 9.58 Å². The van der Waals surface area contributed by atoms with Gasteiger partial charge in [-0.15, -0.1) is 0 Å². The summed E-state index contributed by atoms with van der Waals surface area (Å²) in [4.78, 5) is 2.41. The van der Waals surface area contributed by atoms with Crippen LogP contribution in [0.2, 0.25) is 0 Å². The van der Waals surface area contributed by atoms with Gasteiger partial charge in [0.25, 0.3) is 0 Å². The smallest absolute Gasteiger partial charge is 0.208 e. The largest absolute Gasteiger partial charge is 0.291 e. The summed E-state index contributed by atoms with van der Waals surface area (Å²) in [5, 5.41) is 4.44. The lowest BCUT2D eigenvalue weighted by Crippen LogP contribution is -2.38. The molecule has 0 fully saturated rings. The molecule has 25 heavy (non-hydrogen) atoms. The van der Waals surface area contributed by atoms with Crippen molar-refractivity contribution in [1.29, 1.82) is 0 Å². The summed E-state index contributed by atoms with van der Waals surface area (Å²) in [6.07, 6.45) is 3.75. The Balaban J connectivity index is 1.70. The number of fused-ring (bicyclic) bond motifs is 1. The molecule has 2 heterocycles. The van der Waals surface area contributed by atoms with Crippen LogP contribution in [0.3, 0.4) is 0 Å². The first kappa shape index (κ1) is 18.1. The zero-order chi connectivity index (χ0) is 18.0. The van der Waals surface area contributed by atoms with Gasteiger partial charge in [0.15, 0.2) is 0 Å². The number of hydrogen-bond acceptors (Lipinski definition) is 4. The van der Waals surface area contributed by atoms with Crippen LogP contribution in [0.1, 0.15) is 34.8 Å². The van der Waals surface area contributed by atoms with Crippen molar-refractivity contribution in [3.8, 4) is 0 Å². The van der Waals surface area contributed by atoms with E-state index in [4.69, 9.17) is 0 Å². The van der Waals surface area contributed by atoms with E-state index in [0.29, 0.717) is 6.54 Å². The Hall–Kier alpha value is -1.70. The summed E-state index contributed by atoms with van der Waals surface area (Å²) >= 11 is 0. The molecule has 1 aromatic carbocycles. The average Bonchev–Trinajstić information content (AvgIpc) is 2.93. The number of aromatic nitrogens is 2. The van der Waals surface area contributed by atoms with Crippen LogP contribution < -0.4 is 4.72 Å². The van der Waals surface area contributed by atoms with E-state index in [-0.39, 0.29) is 6.04 Å². The van der Waals surface area contributed by atoms with Crippen LogP contribution in [0.4, 0.5) is 0 Å². The second-order valence-electron chi connectivity index (χ2n) is 7.04. The zero-order valence-corrected chi connectivity index (χ0v) is 15.9. The van der Waals surface area contributed by atoms with E-state index in [9.17, 15) is 8.42 Å². The molecule has 0 amide bonds. The van der Waals surface area contributed by atoms with Gasteiger partial charge in [-0.2, -0.15) is 5.10 Å². The summed E-state index contributed by atoms with van der Waals surface area (Å²) in [6, 6.07) is 8.89. The molecule has 0 aliphatic carbocycles. The highest BCUT2D eigenvalue weighted by atomic mass is 32.2. The lowest BCUT2D eigenvalue weighted by Gasteiger charge is -2.34. The van der Waals surface area contributed by atoms with Crippen LogP contribution in [0.25, 0.3) is 0 Å². The normalized spacial score (nSPS) is 18.3. The van der Waals surface area contributed by atoms with Crippen LogP contribution in [0.15, 0.2) is 30.5 Å². The maximum absolute atomic E-state index is 11.3. The Bertz CT molecular complexity index is 824. The van der Waals surface area contributed by atoms with Crippen LogP contribution in [-0.4, -0.2) is 42.4 Å². The van der Waals surface area contributed by atoms with Gasteiger partial charge in [0, 0.05) is 32.4 Å². The molecule has 1 atom stereocenters. The molecule has 1 N–H and O–H groups in total. The summed E-state index contributed by atoms with van der Waals surface area (Å²) in [5.74, 6) is 0. The number of aryl methyl sites for hydroxylation is 2. The van der Waals surface area contributed by atoms with Gasteiger partial charge >= 0.3 is 0 Å². The first-order chi connectivity index (χ1) is 11.8. The van der Waals surface area contributed by atoms with Crippen LogP contribution in [0.5, 0.6) is 0 Å². The number of hydrogen-bond donors (Lipinski definition) is 1. The van der Waals surface area contributed by atoms with Crippen LogP contribution >= 0.6 is 0 Å². The van der Waals surface area contributed by atoms with E-state index in [1.54, 1.807) is 0 Å². The molecule has 0 bridgehead atoms. The first-order valence-corrected chi connectivity index (χ1v) is 10.5. The average molecular weight is 362 g/mol. The monoisotopic (exact) mass is 362 g/mol. The van der Waals surface area contributed by atoms with Crippen LogP contribution in [-0.2, 0) is 23.1 Å². The SMILES string of the molecule is Cc1cc(C)cc(CN2Cc3ccnn3[C@@H](CCNS(C)(=O)=O)C2)c1. The van der Waals surface area contributed by atoms with Crippen molar-refractivity contribution in [3.63, 3.8) is 0 Å². The summed E-state index contributed by atoms with van der Waals surface area (Å²) < 4.78 is 27.2. The summed E-state index contributed by atoms with van der Waals surface area (Å²) in [5.41, 5.74) is 5.07. The lowest BCUT2D eigenvalue weighted by molar-refractivity contribution is 0.162. The van der Waals surface area contributed by atoms with Gasteiger partial charge in [-0.05, 0) is 31.9 Å². The molecule has 0 saturated heterocycles. The highest BCUT2D eigenvalue weighted by Crippen LogP contribution is 2.24. The van der Waals surface area contributed by atoms with Gasteiger partial charge in [0.1, 0.15) is 0 Å². The molecule has 2 aromatic rings. The molecule has 1 aliphatic heterocycles. The minimum absolute atomic E-state index is 0.180. The second kappa shape index (κ2) is 7.27. The lowest BCUT2D eigenvalue weighted by atomic mass is 10.1. The Morgan fingerprint density at radius 1 is 1.24 bits per heavy atom. The van der Waals surface area contributed by atoms with Crippen molar-refractivity contribution in [2.75, 3.05) is 19.3 Å². The van der Waals surface area contributed by atoms with Crippen molar-refractivity contribution in [2.45, 2.75) is 39.4 Å². The van der Waals surface area contributed by atoms with E-state index < -0.39 is 10.0 Å². The summed E-state index contributed by atoms with van der Waals surface area (Å²) in [7, 11) is -3.15. The van der Waals surface area contributed by atoms with Crippen molar-refractivity contribution in [1.82, 2.24) is 19.4 Å². The fourth-order valence-corrected chi connectivity index (χ4v) is 4.12. The Kier molecular flexibility index (Phi) is 5.27. The Morgan fingerprint density at radius 2 is 1.96 bits per heavy atom. The molecule has 1 aliphatic rings. The fourth-order valence-electron chi connectivity index (χ4n) is 3.63. The third-order valence-corrected chi connectivity index (χ3v) is 5.21. The quantitative estimate of drug-likeness (QED) is 0.853. The van der Waals surface area contributed by atoms with Crippen molar-refractivity contribution in [3.05, 3.63) is 52.8 Å². The van der Waals surface area contributed by atoms with E-state index in [0.717, 1.165) is 26.1 Å². The Morgan fingerprint density at radius 3 is 2.64 bits per heavy atom. The van der Waals surface area contributed by atoms with Gasteiger partial charge in [0.2, 0.25) is 10.0 Å². The third kappa shape index (κ3) is 4.90. The van der Waals surface area contributed by atoms with Gasteiger partial charge in [-0.25, -0.2) is 13.1 Å². The molecule has 0 radical (unpaired) electrons. The van der Waals surface area contributed by atoms with Crippen molar-refractivity contribution >= 4 is 10.0 Å². The Labute approximate surface area is 149 Å². The maximum Gasteiger partial charge on any atom is 0.208 e. The van der Waals surface area contributed by atoms with Gasteiger partial charge in [-0.1, -0.05) is 29.3 Å². The zero-order valence-electron chi connectivity index (χ0n) is 15.1. The van der Waals surface area contributed by atoms with Gasteiger partial charge < -0.3 is 0 Å². The molecule has 3 rings (SSSR count). The molecule has 0 saturated carbocycles. The molecular weight excluding hydrogens is 336 g/mol. The highest BCUT2D eigenvalue weighted by molar-refractivity contribution is 7.88. The molecule has 6 nitrogen and oxygen atoms in total. The number of sulfonamides is 1. The van der Waals surface area contributed by atoms with E-state index in [2.05, 4.69) is 46.8 Å². The minimum Gasteiger partial charge on any atom is -0.291 e. The minimum atomic E-state index is -3.15. The fraction of sp³-hybridized carbons (Fsp3) is 0.500. The molecule has 0 spiro atoms. The number of nitrogens with zero attached hydrogens (tertiary/aromatic N) is 3.